The van der Waals surface area contributed by atoms with Crippen molar-refractivity contribution < 1.29 is 23.9 Å². The molecule has 2 N–H and O–H groups in total. The number of hydrogen-bond donors (Lipinski definition) is 2. The van der Waals surface area contributed by atoms with E-state index < -0.39 is 0 Å². The van der Waals surface area contributed by atoms with Crippen molar-refractivity contribution in [1.82, 2.24) is 5.32 Å². The van der Waals surface area contributed by atoms with Crippen LogP contribution in [-0.2, 0) is 9.53 Å². The van der Waals surface area contributed by atoms with Gasteiger partial charge in [-0.15, -0.1) is 0 Å². The summed E-state index contributed by atoms with van der Waals surface area (Å²) in [5, 5.41) is 3.05. The fraction of sp³-hybridized carbons (Fsp3) is 0.435. The highest BCUT2D eigenvalue weighted by Crippen LogP contribution is 2.19. The zero-order chi connectivity index (χ0) is 21.3. The van der Waals surface area contributed by atoms with Crippen molar-refractivity contribution in [3.05, 3.63) is 54.1 Å². The second-order valence-electron chi connectivity index (χ2n) is 7.58. The third-order valence-electron chi connectivity index (χ3n) is 5.35. The van der Waals surface area contributed by atoms with Crippen LogP contribution in [-0.4, -0.2) is 66.6 Å². The molecule has 0 saturated carbocycles. The summed E-state index contributed by atoms with van der Waals surface area (Å²) < 4.78 is 16.3. The third-order valence-corrected chi connectivity index (χ3v) is 5.35. The van der Waals surface area contributed by atoms with Crippen molar-refractivity contribution >= 4 is 11.6 Å². The highest BCUT2D eigenvalue weighted by molar-refractivity contribution is 5.77. The molecule has 1 aliphatic rings. The number of carbonyl (C=O) groups excluding carboxylic acids is 1. The van der Waals surface area contributed by atoms with Crippen molar-refractivity contribution in [2.45, 2.75) is 6.04 Å². The van der Waals surface area contributed by atoms with Crippen molar-refractivity contribution in [3.8, 4) is 11.5 Å². The first kappa shape index (κ1) is 21.9. The van der Waals surface area contributed by atoms with Crippen LogP contribution in [0.25, 0.3) is 0 Å². The van der Waals surface area contributed by atoms with Crippen molar-refractivity contribution in [1.29, 1.82) is 0 Å². The minimum absolute atomic E-state index is 0.0299. The van der Waals surface area contributed by atoms with Gasteiger partial charge in [-0.3, -0.25) is 4.79 Å². The molecule has 1 amide bonds. The maximum atomic E-state index is 12.4. The Hall–Kier alpha value is -2.77. The number of rotatable bonds is 9. The highest BCUT2D eigenvalue weighted by atomic mass is 16.5. The fourth-order valence-electron chi connectivity index (χ4n) is 3.59. The van der Waals surface area contributed by atoms with Crippen molar-refractivity contribution in [3.63, 3.8) is 0 Å². The molecule has 1 heterocycles. The van der Waals surface area contributed by atoms with E-state index in [0.29, 0.717) is 18.0 Å². The summed E-state index contributed by atoms with van der Waals surface area (Å²) in [5.74, 6) is 1.17. The standard InChI is InChI=1S/C23H31N3O4/c1-25(2)19-9-7-18(8-10-19)22(26-11-13-29-14-12-26)16-24-23(27)17-30-21-6-4-5-20(15-21)28-3/h4-10,15,22H,11-14,16-17H2,1-3H3,(H,24,27)/p+1/t22-/m0/s1. The number of hydrogen-bond acceptors (Lipinski definition) is 5. The monoisotopic (exact) mass is 414 g/mol. The zero-order valence-electron chi connectivity index (χ0n) is 18.0. The van der Waals surface area contributed by atoms with E-state index in [1.54, 1.807) is 13.2 Å². The number of quaternary nitrogens is 1. The Labute approximate surface area is 178 Å². The van der Waals surface area contributed by atoms with Crippen LogP contribution in [0.1, 0.15) is 11.6 Å². The van der Waals surface area contributed by atoms with Crippen LogP contribution < -0.4 is 24.6 Å². The molecule has 1 atom stereocenters. The molecule has 0 aliphatic carbocycles. The Balaban J connectivity index is 1.60. The first-order valence-corrected chi connectivity index (χ1v) is 10.3. The molecule has 1 aliphatic heterocycles. The molecule has 0 radical (unpaired) electrons. The van der Waals surface area contributed by atoms with Crippen LogP contribution in [0, 0.1) is 0 Å². The smallest absolute Gasteiger partial charge is 0.258 e. The van der Waals surface area contributed by atoms with E-state index in [-0.39, 0.29) is 18.6 Å². The number of ether oxygens (including phenoxy) is 3. The van der Waals surface area contributed by atoms with E-state index >= 15 is 0 Å². The van der Waals surface area contributed by atoms with Crippen LogP contribution in [0.5, 0.6) is 11.5 Å². The molecule has 2 aromatic carbocycles. The summed E-state index contributed by atoms with van der Waals surface area (Å²) in [4.78, 5) is 15.9. The van der Waals surface area contributed by atoms with Crippen LogP contribution in [0.4, 0.5) is 5.69 Å². The van der Waals surface area contributed by atoms with E-state index in [1.807, 2.05) is 32.3 Å². The van der Waals surface area contributed by atoms with Crippen LogP contribution in [0.2, 0.25) is 0 Å². The maximum Gasteiger partial charge on any atom is 0.258 e. The molecule has 3 rings (SSSR count). The number of morpholine rings is 1. The normalized spacial score (nSPS) is 15.3. The summed E-state index contributed by atoms with van der Waals surface area (Å²) in [6.45, 7) is 3.87. The van der Waals surface area contributed by atoms with Crippen molar-refractivity contribution in [2.24, 2.45) is 0 Å². The second-order valence-corrected chi connectivity index (χ2v) is 7.58. The molecule has 1 fully saturated rings. The molecule has 0 bridgehead atoms. The summed E-state index contributed by atoms with van der Waals surface area (Å²) in [6.07, 6.45) is 0. The lowest BCUT2D eigenvalue weighted by Gasteiger charge is -2.32. The second kappa shape index (κ2) is 10.8. The Kier molecular flexibility index (Phi) is 7.93. The van der Waals surface area contributed by atoms with Crippen LogP contribution in [0.3, 0.4) is 0 Å². The molecule has 2 aromatic rings. The minimum Gasteiger partial charge on any atom is -0.497 e. The number of nitrogens with zero attached hydrogens (tertiary/aromatic N) is 1. The van der Waals surface area contributed by atoms with Gasteiger partial charge in [0.15, 0.2) is 6.61 Å². The molecule has 0 spiro atoms. The van der Waals surface area contributed by atoms with Gasteiger partial charge in [0.2, 0.25) is 0 Å². The maximum absolute atomic E-state index is 12.4. The van der Waals surface area contributed by atoms with Gasteiger partial charge in [-0.2, -0.15) is 0 Å². The van der Waals surface area contributed by atoms with Gasteiger partial charge in [0.25, 0.3) is 5.91 Å². The number of methoxy groups -OCH3 is 1. The molecule has 30 heavy (non-hydrogen) atoms. The summed E-state index contributed by atoms with van der Waals surface area (Å²) in [6, 6.07) is 16.0. The number of anilines is 1. The van der Waals surface area contributed by atoms with Gasteiger partial charge in [0.1, 0.15) is 30.6 Å². The predicted molar refractivity (Wildman–Crippen MR) is 117 cm³/mol. The zero-order valence-corrected chi connectivity index (χ0v) is 18.0. The number of carbonyl (C=O) groups is 1. The van der Waals surface area contributed by atoms with Crippen molar-refractivity contribution in [2.75, 3.05) is 65.6 Å². The average Bonchev–Trinajstić information content (AvgIpc) is 2.79. The lowest BCUT2D eigenvalue weighted by Crippen LogP contribution is -3.15. The predicted octanol–water partition coefficient (Wildman–Crippen LogP) is 0.913. The van der Waals surface area contributed by atoms with Gasteiger partial charge in [0, 0.05) is 31.4 Å². The summed E-state index contributed by atoms with van der Waals surface area (Å²) >= 11 is 0. The average molecular weight is 415 g/mol. The van der Waals surface area contributed by atoms with Gasteiger partial charge in [-0.25, -0.2) is 0 Å². The van der Waals surface area contributed by atoms with Crippen LogP contribution >= 0.6 is 0 Å². The Bertz CT molecular complexity index is 804. The molecule has 0 unspecified atom stereocenters. The molecule has 1 saturated heterocycles. The fourth-order valence-corrected chi connectivity index (χ4v) is 3.59. The van der Waals surface area contributed by atoms with Gasteiger partial charge in [-0.1, -0.05) is 18.2 Å². The number of nitrogens with one attached hydrogen (secondary N) is 2. The van der Waals surface area contributed by atoms with Gasteiger partial charge in [0.05, 0.1) is 26.9 Å². The van der Waals surface area contributed by atoms with E-state index in [1.165, 1.54) is 10.5 Å². The minimum atomic E-state index is -0.139. The van der Waals surface area contributed by atoms with E-state index in [4.69, 9.17) is 14.2 Å². The molecule has 0 aromatic heterocycles. The quantitative estimate of drug-likeness (QED) is 0.639. The largest absolute Gasteiger partial charge is 0.497 e. The first-order chi connectivity index (χ1) is 14.6. The number of benzene rings is 2. The summed E-state index contributed by atoms with van der Waals surface area (Å²) in [5.41, 5.74) is 2.37. The van der Waals surface area contributed by atoms with Gasteiger partial charge in [-0.05, 0) is 24.3 Å². The van der Waals surface area contributed by atoms with E-state index in [2.05, 4.69) is 34.5 Å². The van der Waals surface area contributed by atoms with Gasteiger partial charge < -0.3 is 29.3 Å². The topological polar surface area (TPSA) is 64.5 Å². The molecular formula is C23H32N3O4+. The van der Waals surface area contributed by atoms with E-state index in [9.17, 15) is 4.79 Å². The first-order valence-electron chi connectivity index (χ1n) is 10.3. The lowest BCUT2D eigenvalue weighted by molar-refractivity contribution is -0.937. The Morgan fingerprint density at radius 1 is 1.13 bits per heavy atom. The Morgan fingerprint density at radius 2 is 1.83 bits per heavy atom. The van der Waals surface area contributed by atoms with E-state index in [0.717, 1.165) is 32.0 Å². The third kappa shape index (κ3) is 6.11. The molecule has 7 heteroatoms. The number of amides is 1. The SMILES string of the molecule is COc1cccc(OCC(=O)NC[C@@H](c2ccc(N(C)C)cc2)[NH+]2CCOCC2)c1. The molecule has 162 valence electrons. The summed E-state index contributed by atoms with van der Waals surface area (Å²) in [7, 11) is 5.66. The molecular weight excluding hydrogens is 382 g/mol. The van der Waals surface area contributed by atoms with Crippen LogP contribution in [0.15, 0.2) is 48.5 Å². The molecule has 7 nitrogen and oxygen atoms in total. The highest BCUT2D eigenvalue weighted by Gasteiger charge is 2.27. The Morgan fingerprint density at radius 3 is 2.50 bits per heavy atom. The van der Waals surface area contributed by atoms with Gasteiger partial charge >= 0.3 is 0 Å². The lowest BCUT2D eigenvalue weighted by atomic mass is 10.0.